The van der Waals surface area contributed by atoms with E-state index in [0.29, 0.717) is 41.9 Å². The molecule has 0 aliphatic carbocycles. The summed E-state index contributed by atoms with van der Waals surface area (Å²) < 4.78 is 6.53. The number of benzene rings is 2. The van der Waals surface area contributed by atoms with E-state index in [1.165, 1.54) is 0 Å². The molecule has 0 spiro atoms. The number of piperidine rings is 1. The highest BCUT2D eigenvalue weighted by atomic mass is 35.5. The normalized spacial score (nSPS) is 20.9. The molecule has 5 rings (SSSR count). The fourth-order valence-corrected chi connectivity index (χ4v) is 6.46. The van der Waals surface area contributed by atoms with Crippen LogP contribution in [-0.4, -0.2) is 84.9 Å². The van der Waals surface area contributed by atoms with Crippen LogP contribution in [-0.2, 0) is 20.5 Å². The van der Waals surface area contributed by atoms with Gasteiger partial charge in [-0.25, -0.2) is 0 Å². The van der Waals surface area contributed by atoms with Gasteiger partial charge in [-0.15, -0.1) is 0 Å². The van der Waals surface area contributed by atoms with Gasteiger partial charge in [0.2, 0.25) is 5.91 Å². The largest absolute Gasteiger partial charge is 0.367 e. The minimum Gasteiger partial charge on any atom is -0.367 e. The Morgan fingerprint density at radius 3 is 2.32 bits per heavy atom. The van der Waals surface area contributed by atoms with Crippen LogP contribution in [0, 0.1) is 0 Å². The summed E-state index contributed by atoms with van der Waals surface area (Å²) in [6.07, 6.45) is 3.75. The lowest BCUT2D eigenvalue weighted by molar-refractivity contribution is -0.137. The summed E-state index contributed by atoms with van der Waals surface area (Å²) in [6, 6.07) is 21.1. The first-order valence-electron chi connectivity index (χ1n) is 14.0. The Kier molecular flexibility index (Phi) is 9.00. The number of morpholine rings is 1. The first kappa shape index (κ1) is 29.5. The van der Waals surface area contributed by atoms with Gasteiger partial charge in [-0.1, -0.05) is 65.7 Å². The van der Waals surface area contributed by atoms with Crippen LogP contribution in [0.2, 0.25) is 10.0 Å². The number of pyridine rings is 1. The van der Waals surface area contributed by atoms with Gasteiger partial charge in [0.25, 0.3) is 5.91 Å². The maximum atomic E-state index is 13.5. The van der Waals surface area contributed by atoms with Gasteiger partial charge in [0, 0.05) is 33.4 Å². The topological polar surface area (TPSA) is 66.0 Å². The summed E-state index contributed by atoms with van der Waals surface area (Å²) in [5.41, 5.74) is 1.09. The number of nitrogens with zero attached hydrogens (tertiary/aromatic N) is 4. The molecule has 2 fully saturated rings. The molecule has 0 N–H and O–H groups in total. The minimum atomic E-state index is -0.760. The number of halogens is 2. The molecule has 2 saturated heterocycles. The van der Waals surface area contributed by atoms with Crippen LogP contribution in [0.4, 0.5) is 0 Å². The number of carbonyl (C=O) groups is 2. The molecule has 9 heteroatoms. The number of hydrogen-bond donors (Lipinski definition) is 0. The van der Waals surface area contributed by atoms with Crippen molar-refractivity contribution in [3.05, 3.63) is 99.8 Å². The fraction of sp³-hybridized carbons (Fsp3) is 0.406. The molecule has 0 radical (unpaired) electrons. The van der Waals surface area contributed by atoms with Gasteiger partial charge in [-0.2, -0.15) is 0 Å². The molecule has 2 aromatic carbocycles. The van der Waals surface area contributed by atoms with Gasteiger partial charge < -0.3 is 19.4 Å². The van der Waals surface area contributed by atoms with E-state index >= 15 is 0 Å². The van der Waals surface area contributed by atoms with Crippen molar-refractivity contribution in [1.29, 1.82) is 0 Å². The van der Waals surface area contributed by atoms with Crippen LogP contribution in [0.15, 0.2) is 72.9 Å². The predicted molar refractivity (Wildman–Crippen MR) is 161 cm³/mol. The van der Waals surface area contributed by atoms with Crippen LogP contribution in [0.25, 0.3) is 0 Å². The average Bonchev–Trinajstić information content (AvgIpc) is 3.02. The zero-order chi connectivity index (χ0) is 29.0. The SMILES string of the molecule is CN(C)C(=O)C1(c2ccccc2)CCN(CCC2(c3ccc(Cl)c(Cl)c3)CN(C(=O)c3ccccn3)CCO2)CC1. The third-order valence-electron chi connectivity index (χ3n) is 8.49. The van der Waals surface area contributed by atoms with Gasteiger partial charge in [0.05, 0.1) is 28.6 Å². The average molecular weight is 596 g/mol. The van der Waals surface area contributed by atoms with Crippen LogP contribution in [0.1, 0.15) is 40.9 Å². The van der Waals surface area contributed by atoms with Crippen LogP contribution in [0.5, 0.6) is 0 Å². The van der Waals surface area contributed by atoms with Crippen molar-refractivity contribution in [2.45, 2.75) is 30.3 Å². The van der Waals surface area contributed by atoms with Crippen LogP contribution >= 0.6 is 23.2 Å². The van der Waals surface area contributed by atoms with Crippen LogP contribution < -0.4 is 0 Å². The Morgan fingerprint density at radius 1 is 0.927 bits per heavy atom. The molecule has 2 aliphatic rings. The molecule has 3 aromatic rings. The van der Waals surface area contributed by atoms with Crippen molar-refractivity contribution in [3.63, 3.8) is 0 Å². The maximum absolute atomic E-state index is 13.5. The zero-order valence-corrected chi connectivity index (χ0v) is 25.1. The summed E-state index contributed by atoms with van der Waals surface area (Å²) in [7, 11) is 3.66. The van der Waals surface area contributed by atoms with Crippen molar-refractivity contribution < 1.29 is 14.3 Å². The molecule has 0 bridgehead atoms. The van der Waals surface area contributed by atoms with E-state index in [1.54, 1.807) is 29.3 Å². The quantitative estimate of drug-likeness (QED) is 0.373. The summed E-state index contributed by atoms with van der Waals surface area (Å²) >= 11 is 12.7. The number of amides is 2. The van der Waals surface area contributed by atoms with E-state index in [-0.39, 0.29) is 11.8 Å². The number of carbonyl (C=O) groups excluding carboxylic acids is 2. The second kappa shape index (κ2) is 12.5. The standard InChI is InChI=1S/C32H36Cl2N4O3/c1-36(2)30(40)31(24-8-4-3-5-9-24)13-17-37(18-14-31)19-15-32(25-11-12-26(33)27(34)22-25)23-38(20-21-41-32)29(39)28-10-6-7-16-35-28/h3-12,16,22H,13-15,17-21,23H2,1-2H3. The highest BCUT2D eigenvalue weighted by Gasteiger charge is 2.45. The molecule has 3 heterocycles. The number of hydrogen-bond acceptors (Lipinski definition) is 5. The molecule has 2 aliphatic heterocycles. The first-order chi connectivity index (χ1) is 19.7. The van der Waals surface area contributed by atoms with Gasteiger partial charge >= 0.3 is 0 Å². The summed E-state index contributed by atoms with van der Waals surface area (Å²) in [5, 5.41) is 0.926. The fourth-order valence-electron chi connectivity index (χ4n) is 6.17. The van der Waals surface area contributed by atoms with E-state index in [2.05, 4.69) is 22.0 Å². The van der Waals surface area contributed by atoms with E-state index in [9.17, 15) is 9.59 Å². The highest BCUT2D eigenvalue weighted by Crippen LogP contribution is 2.40. The van der Waals surface area contributed by atoms with Crippen molar-refractivity contribution in [3.8, 4) is 0 Å². The van der Waals surface area contributed by atoms with Gasteiger partial charge in [-0.05, 0) is 67.7 Å². The number of aromatic nitrogens is 1. The summed E-state index contributed by atoms with van der Waals surface area (Å²) in [5.74, 6) is 0.0288. The lowest BCUT2D eigenvalue weighted by Crippen LogP contribution is -2.54. The van der Waals surface area contributed by atoms with E-state index in [1.807, 2.05) is 55.4 Å². The second-order valence-corrected chi connectivity index (χ2v) is 12.0. The zero-order valence-electron chi connectivity index (χ0n) is 23.6. The van der Waals surface area contributed by atoms with Crippen molar-refractivity contribution >= 4 is 35.0 Å². The van der Waals surface area contributed by atoms with E-state index in [0.717, 1.165) is 43.6 Å². The first-order valence-corrected chi connectivity index (χ1v) is 14.8. The number of ether oxygens (including phenoxy) is 1. The van der Waals surface area contributed by atoms with E-state index < -0.39 is 11.0 Å². The van der Waals surface area contributed by atoms with Gasteiger partial charge in [0.1, 0.15) is 11.3 Å². The molecule has 41 heavy (non-hydrogen) atoms. The molecule has 1 atom stereocenters. The van der Waals surface area contributed by atoms with E-state index in [4.69, 9.17) is 27.9 Å². The molecule has 1 aromatic heterocycles. The lowest BCUT2D eigenvalue weighted by atomic mass is 9.71. The third-order valence-corrected chi connectivity index (χ3v) is 9.23. The molecule has 1 unspecified atom stereocenters. The Labute approximate surface area is 252 Å². The molecule has 0 saturated carbocycles. The summed E-state index contributed by atoms with van der Waals surface area (Å²) in [6.45, 7) is 3.56. The Morgan fingerprint density at radius 2 is 1.66 bits per heavy atom. The number of rotatable bonds is 7. The lowest BCUT2D eigenvalue weighted by Gasteiger charge is -2.46. The molecular weight excluding hydrogens is 559 g/mol. The summed E-state index contributed by atoms with van der Waals surface area (Å²) in [4.78, 5) is 37.1. The monoisotopic (exact) mass is 594 g/mol. The molecular formula is C32H36Cl2N4O3. The van der Waals surface area contributed by atoms with Gasteiger partial charge in [0.15, 0.2) is 0 Å². The number of likely N-dealkylation sites (tertiary alicyclic amines) is 1. The Balaban J connectivity index is 1.36. The van der Waals surface area contributed by atoms with Crippen molar-refractivity contribution in [2.24, 2.45) is 0 Å². The molecule has 7 nitrogen and oxygen atoms in total. The second-order valence-electron chi connectivity index (χ2n) is 11.2. The maximum Gasteiger partial charge on any atom is 0.272 e. The van der Waals surface area contributed by atoms with Gasteiger partial charge in [-0.3, -0.25) is 14.6 Å². The van der Waals surface area contributed by atoms with Crippen LogP contribution in [0.3, 0.4) is 0 Å². The molecule has 2 amide bonds. The van der Waals surface area contributed by atoms with Crippen molar-refractivity contribution in [1.82, 2.24) is 19.7 Å². The Bertz CT molecular complexity index is 1360. The minimum absolute atomic E-state index is 0.119. The third kappa shape index (κ3) is 6.14. The number of likely N-dealkylation sites (N-methyl/N-ethyl adjacent to an activating group) is 1. The Hall–Kier alpha value is -2.97. The smallest absolute Gasteiger partial charge is 0.272 e. The van der Waals surface area contributed by atoms with Crippen molar-refractivity contribution in [2.75, 3.05) is 53.4 Å². The predicted octanol–water partition coefficient (Wildman–Crippen LogP) is 5.27. The molecule has 216 valence electrons. The highest BCUT2D eigenvalue weighted by molar-refractivity contribution is 6.42.